The van der Waals surface area contributed by atoms with Crippen LogP contribution >= 0.6 is 11.3 Å². The lowest BCUT2D eigenvalue weighted by molar-refractivity contribution is 0.668. The minimum absolute atomic E-state index is 0.846. The number of hydrogen-bond donors (Lipinski definition) is 0. The second kappa shape index (κ2) is 15.2. The van der Waals surface area contributed by atoms with Crippen LogP contribution in [0.25, 0.3) is 147 Å². The Kier molecular flexibility index (Phi) is 8.49. The molecule has 15 rings (SSSR count). The van der Waals surface area contributed by atoms with Gasteiger partial charge in [-0.25, -0.2) is 4.98 Å². The first-order valence-corrected chi connectivity index (χ1v) is 24.5. The predicted octanol–water partition coefficient (Wildman–Crippen LogP) is 18.7. The van der Waals surface area contributed by atoms with Crippen LogP contribution in [0.4, 0.5) is 0 Å². The van der Waals surface area contributed by atoms with Crippen LogP contribution in [0.15, 0.2) is 239 Å². The number of pyridine rings is 1. The summed E-state index contributed by atoms with van der Waals surface area (Å²) >= 11 is 1.85. The van der Waals surface area contributed by atoms with E-state index < -0.39 is 0 Å². The zero-order chi connectivity index (χ0) is 45.9. The molecule has 0 aliphatic heterocycles. The molecular weight excluding hydrogens is 873 g/mol. The van der Waals surface area contributed by atoms with Crippen molar-refractivity contribution < 1.29 is 8.83 Å². The topological polar surface area (TPSA) is 44.1 Å². The molecule has 4 nitrogen and oxygen atoms in total. The minimum Gasteiger partial charge on any atom is -0.456 e. The van der Waals surface area contributed by atoms with Gasteiger partial charge in [0.05, 0.1) is 22.4 Å². The molecule has 0 saturated carbocycles. The Morgan fingerprint density at radius 2 is 0.871 bits per heavy atom. The summed E-state index contributed by atoms with van der Waals surface area (Å²) in [5.74, 6) is 0. The van der Waals surface area contributed by atoms with Crippen LogP contribution in [-0.2, 0) is 0 Å². The molecular formula is C65H38N2O2S. The molecule has 0 bridgehead atoms. The molecule has 0 atom stereocenters. The molecule has 10 aromatic carbocycles. The Labute approximate surface area is 405 Å². The summed E-state index contributed by atoms with van der Waals surface area (Å²) in [5, 5.41) is 9.40. The van der Waals surface area contributed by atoms with Gasteiger partial charge in [0.2, 0.25) is 0 Å². The highest BCUT2D eigenvalue weighted by molar-refractivity contribution is 7.25. The second-order valence-electron chi connectivity index (χ2n) is 18.2. The lowest BCUT2D eigenvalue weighted by Crippen LogP contribution is -1.92. The monoisotopic (exact) mass is 910 g/mol. The van der Waals surface area contributed by atoms with Crippen molar-refractivity contribution in [1.82, 2.24) is 9.55 Å². The van der Waals surface area contributed by atoms with Crippen molar-refractivity contribution in [3.05, 3.63) is 231 Å². The molecule has 15 aromatic rings. The normalized spacial score (nSPS) is 12.0. The average molecular weight is 911 g/mol. The van der Waals surface area contributed by atoms with Gasteiger partial charge in [0, 0.05) is 69.3 Å². The van der Waals surface area contributed by atoms with Gasteiger partial charge in [0.15, 0.2) is 0 Å². The lowest BCUT2D eigenvalue weighted by atomic mass is 9.95. The van der Waals surface area contributed by atoms with E-state index in [1.54, 1.807) is 0 Å². The Morgan fingerprint density at radius 3 is 1.66 bits per heavy atom. The maximum atomic E-state index is 6.63. The van der Waals surface area contributed by atoms with Gasteiger partial charge < -0.3 is 13.4 Å². The van der Waals surface area contributed by atoms with Crippen molar-refractivity contribution in [2.24, 2.45) is 0 Å². The molecule has 0 amide bonds. The highest BCUT2D eigenvalue weighted by Gasteiger charge is 2.19. The van der Waals surface area contributed by atoms with Crippen LogP contribution in [0.5, 0.6) is 0 Å². The van der Waals surface area contributed by atoms with Gasteiger partial charge in [-0.2, -0.15) is 0 Å². The first-order valence-electron chi connectivity index (χ1n) is 23.7. The zero-order valence-electron chi connectivity index (χ0n) is 37.6. The number of hydrogen-bond acceptors (Lipinski definition) is 4. The molecule has 0 fully saturated rings. The third-order valence-electron chi connectivity index (χ3n) is 14.2. The fourth-order valence-electron chi connectivity index (χ4n) is 10.9. The highest BCUT2D eigenvalue weighted by atomic mass is 32.1. The van der Waals surface area contributed by atoms with Gasteiger partial charge >= 0.3 is 0 Å². The fourth-order valence-corrected chi connectivity index (χ4v) is 11.9. The number of fused-ring (bicyclic) bond motifs is 12. The lowest BCUT2D eigenvalue weighted by Gasteiger charge is -2.11. The van der Waals surface area contributed by atoms with Crippen LogP contribution in [0.1, 0.15) is 0 Å². The Morgan fingerprint density at radius 1 is 0.314 bits per heavy atom. The third-order valence-corrected chi connectivity index (χ3v) is 15.4. The van der Waals surface area contributed by atoms with Crippen LogP contribution in [0.3, 0.4) is 0 Å². The molecule has 0 saturated heterocycles. The first-order chi connectivity index (χ1) is 34.6. The van der Waals surface area contributed by atoms with E-state index in [-0.39, 0.29) is 0 Å². The molecule has 326 valence electrons. The van der Waals surface area contributed by atoms with Gasteiger partial charge in [-0.05, 0) is 137 Å². The molecule has 0 N–H and O–H groups in total. The second-order valence-corrected chi connectivity index (χ2v) is 19.3. The molecule has 5 aromatic heterocycles. The summed E-state index contributed by atoms with van der Waals surface area (Å²) in [4.78, 5) is 5.28. The molecule has 0 aliphatic carbocycles. The summed E-state index contributed by atoms with van der Waals surface area (Å²) < 4.78 is 17.9. The maximum Gasteiger partial charge on any atom is 0.136 e. The quantitative estimate of drug-likeness (QED) is 0.167. The first kappa shape index (κ1) is 39.0. The number of benzene rings is 10. The summed E-state index contributed by atoms with van der Waals surface area (Å²) in [6.07, 6.45) is 0. The zero-order valence-corrected chi connectivity index (χ0v) is 38.4. The molecule has 5 heterocycles. The Balaban J connectivity index is 0.844. The number of thiophene rings is 1. The van der Waals surface area contributed by atoms with E-state index in [1.807, 2.05) is 29.5 Å². The number of para-hydroxylation sites is 3. The van der Waals surface area contributed by atoms with Gasteiger partial charge in [0.1, 0.15) is 22.3 Å². The Hall–Kier alpha value is -9.03. The summed E-state index contributed by atoms with van der Waals surface area (Å²) in [7, 11) is 0. The molecule has 70 heavy (non-hydrogen) atoms. The van der Waals surface area contributed by atoms with Crippen LogP contribution in [0.2, 0.25) is 0 Å². The van der Waals surface area contributed by atoms with Crippen molar-refractivity contribution in [3.8, 4) is 61.6 Å². The van der Waals surface area contributed by atoms with E-state index in [2.05, 4.69) is 217 Å². The smallest absolute Gasteiger partial charge is 0.136 e. The van der Waals surface area contributed by atoms with Crippen molar-refractivity contribution in [2.75, 3.05) is 0 Å². The van der Waals surface area contributed by atoms with Crippen molar-refractivity contribution in [3.63, 3.8) is 0 Å². The summed E-state index contributed by atoms with van der Waals surface area (Å²) in [6, 6.07) is 82.7. The highest BCUT2D eigenvalue weighted by Crippen LogP contribution is 2.44. The molecule has 0 aliphatic rings. The van der Waals surface area contributed by atoms with Crippen molar-refractivity contribution in [2.45, 2.75) is 0 Å². The molecule has 0 unspecified atom stereocenters. The molecule has 0 spiro atoms. The van der Waals surface area contributed by atoms with E-state index in [4.69, 9.17) is 13.8 Å². The summed E-state index contributed by atoms with van der Waals surface area (Å²) in [6.45, 7) is 0. The largest absolute Gasteiger partial charge is 0.456 e. The van der Waals surface area contributed by atoms with E-state index in [1.165, 1.54) is 64.4 Å². The fraction of sp³-hybridized carbons (Fsp3) is 0. The average Bonchev–Trinajstić information content (AvgIpc) is 4.19. The van der Waals surface area contributed by atoms with Crippen molar-refractivity contribution in [1.29, 1.82) is 0 Å². The van der Waals surface area contributed by atoms with E-state index in [0.29, 0.717) is 0 Å². The molecule has 0 radical (unpaired) electrons. The van der Waals surface area contributed by atoms with E-state index in [9.17, 15) is 0 Å². The maximum absolute atomic E-state index is 6.63. The van der Waals surface area contributed by atoms with E-state index >= 15 is 0 Å². The Bertz CT molecular complexity index is 4590. The van der Waals surface area contributed by atoms with Gasteiger partial charge in [-0.15, -0.1) is 11.3 Å². The van der Waals surface area contributed by atoms with Crippen LogP contribution < -0.4 is 0 Å². The van der Waals surface area contributed by atoms with Gasteiger partial charge in [-0.1, -0.05) is 127 Å². The van der Waals surface area contributed by atoms with Gasteiger partial charge in [-0.3, -0.25) is 0 Å². The van der Waals surface area contributed by atoms with Gasteiger partial charge in [0.25, 0.3) is 0 Å². The van der Waals surface area contributed by atoms with Crippen LogP contribution in [0, 0.1) is 0 Å². The van der Waals surface area contributed by atoms with Crippen LogP contribution in [-0.4, -0.2) is 9.55 Å². The third kappa shape index (κ3) is 6.12. The SMILES string of the molecule is c1ccc(-c2cc(-c3cccc4oc5ccc(-c6ccc7sc8ccc(-c9ccc%10c(c9)c9ccccc9n%10-c9ccccc9)cc8c7c6)cc5c34)cc(-c3ccc4c(c3)oc3ccccc34)n2)cc1. The van der Waals surface area contributed by atoms with E-state index in [0.717, 1.165) is 83.1 Å². The van der Waals surface area contributed by atoms with Crippen molar-refractivity contribution >= 4 is 97.2 Å². The minimum atomic E-state index is 0.846. The number of nitrogens with zero attached hydrogens (tertiary/aromatic N) is 2. The number of rotatable bonds is 6. The number of furan rings is 2. The predicted molar refractivity (Wildman–Crippen MR) is 293 cm³/mol. The summed E-state index contributed by atoms with van der Waals surface area (Å²) in [5.41, 5.74) is 17.7. The standard InChI is InChI=1S/C65H38N2O2S/c1-3-12-39(13-4-1)55-36-45(37-56(66-55)44-22-27-50-49-17-8-10-20-59(49)69-62(50)38-44)47-18-11-21-61-65(47)54-35-41(24-29-60(54)68-61)43-26-31-64-53(34-43)52-33-42(25-30-63(52)70-64)40-23-28-58-51(32-40)48-16-7-9-19-57(48)67(58)46-14-5-2-6-15-46/h1-38H. The molecule has 5 heteroatoms. The number of aromatic nitrogens is 2.